The maximum atomic E-state index is 13.1. The standard InChI is InChI=1S/C11H13FIN5/c1-18-11(15-6-16-18)5-10(17-14)8-3-2-7(12)4-9(8)13/h2-4,6,10,17H,5,14H2,1H3. The maximum absolute atomic E-state index is 13.1. The van der Waals surface area contributed by atoms with Crippen LogP contribution in [0.2, 0.25) is 0 Å². The maximum Gasteiger partial charge on any atom is 0.138 e. The van der Waals surface area contributed by atoms with Gasteiger partial charge in [0.2, 0.25) is 0 Å². The van der Waals surface area contributed by atoms with Gasteiger partial charge in [-0.15, -0.1) is 0 Å². The Hall–Kier alpha value is -1.06. The van der Waals surface area contributed by atoms with Crippen LogP contribution in [0.5, 0.6) is 0 Å². The summed E-state index contributed by atoms with van der Waals surface area (Å²) in [6.45, 7) is 0. The summed E-state index contributed by atoms with van der Waals surface area (Å²) in [6, 6.07) is 4.52. The highest BCUT2D eigenvalue weighted by Gasteiger charge is 2.16. The zero-order valence-electron chi connectivity index (χ0n) is 9.77. The lowest BCUT2D eigenvalue weighted by atomic mass is 10.0. The molecular weight excluding hydrogens is 348 g/mol. The number of aryl methyl sites for hydroxylation is 1. The van der Waals surface area contributed by atoms with Crippen molar-refractivity contribution in [2.45, 2.75) is 12.5 Å². The summed E-state index contributed by atoms with van der Waals surface area (Å²) in [6.07, 6.45) is 2.09. The fourth-order valence-electron chi connectivity index (χ4n) is 1.73. The first kappa shape index (κ1) is 13.4. The Bertz CT molecular complexity index is 542. The topological polar surface area (TPSA) is 68.8 Å². The van der Waals surface area contributed by atoms with Crippen LogP contribution in [-0.2, 0) is 13.5 Å². The molecule has 1 atom stereocenters. The van der Waals surface area contributed by atoms with Crippen molar-refractivity contribution in [3.63, 3.8) is 0 Å². The van der Waals surface area contributed by atoms with E-state index in [2.05, 4.69) is 38.1 Å². The van der Waals surface area contributed by atoms with Gasteiger partial charge in [0, 0.05) is 17.0 Å². The minimum atomic E-state index is -0.252. The van der Waals surface area contributed by atoms with E-state index in [9.17, 15) is 4.39 Å². The second kappa shape index (κ2) is 5.72. The first-order valence-electron chi connectivity index (χ1n) is 5.35. The van der Waals surface area contributed by atoms with Crippen LogP contribution in [0.4, 0.5) is 4.39 Å². The second-order valence-electron chi connectivity index (χ2n) is 3.89. The summed E-state index contributed by atoms with van der Waals surface area (Å²) < 4.78 is 15.6. The minimum absolute atomic E-state index is 0.125. The molecule has 0 amide bonds. The normalized spacial score (nSPS) is 12.7. The summed E-state index contributed by atoms with van der Waals surface area (Å²) >= 11 is 2.10. The zero-order chi connectivity index (χ0) is 13.1. The number of hydrazine groups is 1. The average Bonchev–Trinajstić information content (AvgIpc) is 2.73. The number of hydrogen-bond acceptors (Lipinski definition) is 4. The molecule has 1 unspecified atom stereocenters. The van der Waals surface area contributed by atoms with Crippen molar-refractivity contribution in [3.8, 4) is 0 Å². The predicted octanol–water partition coefficient (Wildman–Crippen LogP) is 1.31. The van der Waals surface area contributed by atoms with E-state index in [0.29, 0.717) is 6.42 Å². The molecule has 0 aliphatic rings. The third-order valence-electron chi connectivity index (χ3n) is 2.73. The summed E-state index contributed by atoms with van der Waals surface area (Å²) in [5.74, 6) is 6.14. The van der Waals surface area contributed by atoms with Gasteiger partial charge in [0.15, 0.2) is 0 Å². The van der Waals surface area contributed by atoms with Crippen LogP contribution in [0.25, 0.3) is 0 Å². The highest BCUT2D eigenvalue weighted by Crippen LogP contribution is 2.23. The molecule has 0 saturated carbocycles. The highest BCUT2D eigenvalue weighted by molar-refractivity contribution is 14.1. The monoisotopic (exact) mass is 361 g/mol. The largest absolute Gasteiger partial charge is 0.271 e. The summed E-state index contributed by atoms with van der Waals surface area (Å²) in [7, 11) is 1.82. The number of hydrogen-bond donors (Lipinski definition) is 2. The molecule has 0 fully saturated rings. The number of nitrogens with zero attached hydrogens (tertiary/aromatic N) is 3. The van der Waals surface area contributed by atoms with Crippen LogP contribution in [0.3, 0.4) is 0 Å². The van der Waals surface area contributed by atoms with Crippen molar-refractivity contribution in [1.82, 2.24) is 20.2 Å². The minimum Gasteiger partial charge on any atom is -0.271 e. The Kier molecular flexibility index (Phi) is 4.25. The molecule has 7 heteroatoms. The lowest BCUT2D eigenvalue weighted by molar-refractivity contribution is 0.519. The molecule has 0 saturated heterocycles. The smallest absolute Gasteiger partial charge is 0.138 e. The molecule has 96 valence electrons. The molecule has 0 aliphatic carbocycles. The molecule has 1 aromatic carbocycles. The van der Waals surface area contributed by atoms with Gasteiger partial charge in [-0.1, -0.05) is 6.07 Å². The van der Waals surface area contributed by atoms with Crippen LogP contribution < -0.4 is 11.3 Å². The fourth-order valence-corrected chi connectivity index (χ4v) is 2.58. The van der Waals surface area contributed by atoms with Crippen LogP contribution in [0.15, 0.2) is 24.5 Å². The lowest BCUT2D eigenvalue weighted by Crippen LogP contribution is -2.31. The quantitative estimate of drug-likeness (QED) is 0.490. The second-order valence-corrected chi connectivity index (χ2v) is 5.05. The first-order valence-corrected chi connectivity index (χ1v) is 6.43. The highest BCUT2D eigenvalue weighted by atomic mass is 127. The van der Waals surface area contributed by atoms with Crippen molar-refractivity contribution in [1.29, 1.82) is 0 Å². The van der Waals surface area contributed by atoms with Gasteiger partial charge < -0.3 is 0 Å². The summed E-state index contributed by atoms with van der Waals surface area (Å²) in [5.41, 5.74) is 3.68. The van der Waals surface area contributed by atoms with Gasteiger partial charge in [0.25, 0.3) is 0 Å². The molecule has 3 N–H and O–H groups in total. The third kappa shape index (κ3) is 2.85. The fraction of sp³-hybridized carbons (Fsp3) is 0.273. The molecule has 0 radical (unpaired) electrons. The SMILES string of the molecule is Cn1ncnc1CC(NN)c1ccc(F)cc1I. The lowest BCUT2D eigenvalue weighted by Gasteiger charge is -2.17. The Labute approximate surface area is 118 Å². The predicted molar refractivity (Wildman–Crippen MR) is 73.9 cm³/mol. The molecule has 5 nitrogen and oxygen atoms in total. The first-order chi connectivity index (χ1) is 8.61. The molecule has 1 heterocycles. The molecular formula is C11H13FIN5. The molecule has 2 rings (SSSR count). The van der Waals surface area contributed by atoms with Gasteiger partial charge >= 0.3 is 0 Å². The van der Waals surface area contributed by atoms with Gasteiger partial charge in [0.1, 0.15) is 18.0 Å². The number of rotatable bonds is 4. The van der Waals surface area contributed by atoms with E-state index in [0.717, 1.165) is 15.0 Å². The van der Waals surface area contributed by atoms with Crippen LogP contribution in [0.1, 0.15) is 17.4 Å². The van der Waals surface area contributed by atoms with Gasteiger partial charge in [-0.2, -0.15) is 5.10 Å². The van der Waals surface area contributed by atoms with Crippen molar-refractivity contribution < 1.29 is 4.39 Å². The van der Waals surface area contributed by atoms with Crippen molar-refractivity contribution in [2.75, 3.05) is 0 Å². The number of benzene rings is 1. The van der Waals surface area contributed by atoms with E-state index in [1.54, 1.807) is 10.7 Å². The van der Waals surface area contributed by atoms with E-state index in [4.69, 9.17) is 5.84 Å². The van der Waals surface area contributed by atoms with Crippen LogP contribution in [-0.4, -0.2) is 14.8 Å². The molecule has 0 spiro atoms. The Balaban J connectivity index is 2.26. The van der Waals surface area contributed by atoms with E-state index in [1.807, 2.05) is 7.05 Å². The molecule has 0 bridgehead atoms. The number of nitrogens with two attached hydrogens (primary N) is 1. The Morgan fingerprint density at radius 1 is 1.56 bits per heavy atom. The van der Waals surface area contributed by atoms with Gasteiger partial charge in [0.05, 0.1) is 6.04 Å². The van der Waals surface area contributed by atoms with Gasteiger partial charge in [-0.3, -0.25) is 16.0 Å². The van der Waals surface area contributed by atoms with E-state index < -0.39 is 0 Å². The van der Waals surface area contributed by atoms with E-state index >= 15 is 0 Å². The molecule has 2 aromatic rings. The average molecular weight is 361 g/mol. The third-order valence-corrected chi connectivity index (χ3v) is 3.67. The van der Waals surface area contributed by atoms with Crippen molar-refractivity contribution in [3.05, 3.63) is 45.3 Å². The molecule has 18 heavy (non-hydrogen) atoms. The van der Waals surface area contributed by atoms with Crippen LogP contribution >= 0.6 is 22.6 Å². The number of aromatic nitrogens is 3. The summed E-state index contributed by atoms with van der Waals surface area (Å²) in [4.78, 5) is 4.16. The molecule has 0 aliphatic heterocycles. The summed E-state index contributed by atoms with van der Waals surface area (Å²) in [5, 5.41) is 4.01. The van der Waals surface area contributed by atoms with Crippen molar-refractivity contribution in [2.24, 2.45) is 12.9 Å². The van der Waals surface area contributed by atoms with E-state index in [1.165, 1.54) is 18.5 Å². The number of nitrogens with one attached hydrogen (secondary N) is 1. The Morgan fingerprint density at radius 2 is 2.33 bits per heavy atom. The van der Waals surface area contributed by atoms with Gasteiger partial charge in [-0.05, 0) is 40.3 Å². The van der Waals surface area contributed by atoms with Crippen molar-refractivity contribution >= 4 is 22.6 Å². The molecule has 1 aromatic heterocycles. The zero-order valence-corrected chi connectivity index (χ0v) is 11.9. The number of halogens is 2. The van der Waals surface area contributed by atoms with E-state index in [-0.39, 0.29) is 11.9 Å². The van der Waals surface area contributed by atoms with Crippen LogP contribution in [0, 0.1) is 9.39 Å². The Morgan fingerprint density at radius 3 is 2.89 bits per heavy atom. The van der Waals surface area contributed by atoms with Gasteiger partial charge in [-0.25, -0.2) is 9.37 Å².